The maximum atomic E-state index is 13.5. The molecule has 0 aromatic heterocycles. The Labute approximate surface area is 197 Å². The second-order valence-electron chi connectivity index (χ2n) is 9.01. The number of carbonyl (C=O) groups excluding carboxylic acids is 1. The van der Waals surface area contributed by atoms with Gasteiger partial charge >= 0.3 is 0 Å². The average molecular weight is 453 g/mol. The highest BCUT2D eigenvalue weighted by molar-refractivity contribution is 5.99. The van der Waals surface area contributed by atoms with Crippen molar-refractivity contribution < 1.29 is 19.0 Å². The van der Waals surface area contributed by atoms with Gasteiger partial charge in [-0.1, -0.05) is 25.0 Å². The number of anilines is 1. The van der Waals surface area contributed by atoms with E-state index in [-0.39, 0.29) is 5.91 Å². The Kier molecular flexibility index (Phi) is 8.24. The Hall–Kier alpha value is -2.57. The SMILES string of the molecule is COc1ccc(C2(C(=O)Nc3ccc(OCCN4CCCCCC4)cc3)CCOCC2)cc1. The van der Waals surface area contributed by atoms with Crippen LogP contribution in [0.5, 0.6) is 11.5 Å². The zero-order valence-electron chi connectivity index (χ0n) is 19.7. The number of likely N-dealkylation sites (tertiary alicyclic amines) is 1. The minimum absolute atomic E-state index is 0.00537. The van der Waals surface area contributed by atoms with E-state index < -0.39 is 5.41 Å². The number of amides is 1. The number of benzene rings is 2. The molecular formula is C27H36N2O4. The quantitative estimate of drug-likeness (QED) is 0.632. The molecule has 178 valence electrons. The summed E-state index contributed by atoms with van der Waals surface area (Å²) < 4.78 is 16.8. The lowest BCUT2D eigenvalue weighted by Crippen LogP contribution is -2.44. The summed E-state index contributed by atoms with van der Waals surface area (Å²) in [5.74, 6) is 1.62. The van der Waals surface area contributed by atoms with E-state index >= 15 is 0 Å². The first-order chi connectivity index (χ1) is 16.2. The number of ether oxygens (including phenoxy) is 3. The van der Waals surface area contributed by atoms with Crippen LogP contribution in [0.1, 0.15) is 44.1 Å². The third-order valence-electron chi connectivity index (χ3n) is 6.91. The van der Waals surface area contributed by atoms with Crippen LogP contribution in [0, 0.1) is 0 Å². The molecule has 2 aromatic rings. The Morgan fingerprint density at radius 2 is 1.58 bits per heavy atom. The summed E-state index contributed by atoms with van der Waals surface area (Å²) in [5, 5.41) is 3.13. The third-order valence-corrected chi connectivity index (χ3v) is 6.91. The number of hydrogen-bond acceptors (Lipinski definition) is 5. The fraction of sp³-hybridized carbons (Fsp3) is 0.519. The van der Waals surface area contributed by atoms with Gasteiger partial charge in [0, 0.05) is 25.4 Å². The minimum Gasteiger partial charge on any atom is -0.497 e. The van der Waals surface area contributed by atoms with Gasteiger partial charge in [-0.05, 0) is 80.7 Å². The maximum absolute atomic E-state index is 13.5. The van der Waals surface area contributed by atoms with Gasteiger partial charge in [0.15, 0.2) is 0 Å². The van der Waals surface area contributed by atoms with Gasteiger partial charge in [-0.2, -0.15) is 0 Å². The lowest BCUT2D eigenvalue weighted by atomic mass is 9.73. The predicted octanol–water partition coefficient (Wildman–Crippen LogP) is 4.64. The first kappa shape index (κ1) is 23.6. The van der Waals surface area contributed by atoms with Crippen molar-refractivity contribution in [2.24, 2.45) is 0 Å². The van der Waals surface area contributed by atoms with E-state index in [0.717, 1.165) is 29.3 Å². The monoisotopic (exact) mass is 452 g/mol. The topological polar surface area (TPSA) is 60.0 Å². The van der Waals surface area contributed by atoms with Crippen LogP contribution in [0.15, 0.2) is 48.5 Å². The van der Waals surface area contributed by atoms with Gasteiger partial charge in [0.2, 0.25) is 5.91 Å². The molecule has 2 aliphatic heterocycles. The largest absolute Gasteiger partial charge is 0.497 e. The van der Waals surface area contributed by atoms with E-state index in [2.05, 4.69) is 10.2 Å². The van der Waals surface area contributed by atoms with Crippen LogP contribution in [0.2, 0.25) is 0 Å². The molecule has 6 nitrogen and oxygen atoms in total. The van der Waals surface area contributed by atoms with Crippen LogP contribution >= 0.6 is 0 Å². The van der Waals surface area contributed by atoms with Crippen LogP contribution in [0.25, 0.3) is 0 Å². The lowest BCUT2D eigenvalue weighted by Gasteiger charge is -2.36. The van der Waals surface area contributed by atoms with Crippen molar-refractivity contribution in [2.75, 3.05) is 51.9 Å². The van der Waals surface area contributed by atoms with Crippen LogP contribution in [0.4, 0.5) is 5.69 Å². The number of nitrogens with one attached hydrogen (secondary N) is 1. The van der Waals surface area contributed by atoms with E-state index in [1.54, 1.807) is 7.11 Å². The fourth-order valence-corrected chi connectivity index (χ4v) is 4.81. The number of carbonyl (C=O) groups is 1. The summed E-state index contributed by atoms with van der Waals surface area (Å²) in [4.78, 5) is 16.0. The van der Waals surface area contributed by atoms with E-state index in [1.807, 2.05) is 48.5 Å². The zero-order chi connectivity index (χ0) is 22.9. The van der Waals surface area contributed by atoms with E-state index in [0.29, 0.717) is 32.7 Å². The van der Waals surface area contributed by atoms with Crippen molar-refractivity contribution in [2.45, 2.75) is 43.9 Å². The molecule has 0 unspecified atom stereocenters. The molecule has 0 saturated carbocycles. The van der Waals surface area contributed by atoms with Crippen molar-refractivity contribution in [1.82, 2.24) is 4.90 Å². The number of rotatable bonds is 8. The van der Waals surface area contributed by atoms with Gasteiger partial charge in [0.05, 0.1) is 12.5 Å². The Balaban J connectivity index is 1.35. The van der Waals surface area contributed by atoms with Gasteiger partial charge in [-0.3, -0.25) is 9.69 Å². The molecule has 2 heterocycles. The summed E-state index contributed by atoms with van der Waals surface area (Å²) in [5.41, 5.74) is 1.17. The van der Waals surface area contributed by atoms with Crippen molar-refractivity contribution in [3.63, 3.8) is 0 Å². The maximum Gasteiger partial charge on any atom is 0.235 e. The van der Waals surface area contributed by atoms with E-state index in [9.17, 15) is 4.79 Å². The van der Waals surface area contributed by atoms with Crippen molar-refractivity contribution >= 4 is 11.6 Å². The summed E-state index contributed by atoms with van der Waals surface area (Å²) in [6.07, 6.45) is 6.58. The second kappa shape index (κ2) is 11.5. The molecule has 4 rings (SSSR count). The standard InChI is InChI=1S/C27H36N2O4/c1-31-24-10-6-22(7-11-24)27(14-19-32-20-15-27)26(30)28-23-8-12-25(13-9-23)33-21-18-29-16-4-2-3-5-17-29/h6-13H,2-5,14-21H2,1H3,(H,28,30). The summed E-state index contributed by atoms with van der Waals surface area (Å²) in [7, 11) is 1.65. The van der Waals surface area contributed by atoms with Crippen LogP contribution < -0.4 is 14.8 Å². The van der Waals surface area contributed by atoms with E-state index in [1.165, 1.54) is 38.8 Å². The molecule has 2 saturated heterocycles. The fourth-order valence-electron chi connectivity index (χ4n) is 4.81. The third kappa shape index (κ3) is 6.06. The highest BCUT2D eigenvalue weighted by Gasteiger charge is 2.41. The van der Waals surface area contributed by atoms with Gasteiger partial charge in [-0.15, -0.1) is 0 Å². The van der Waals surface area contributed by atoms with Gasteiger partial charge in [0.25, 0.3) is 0 Å². The summed E-state index contributed by atoms with van der Waals surface area (Å²) >= 11 is 0. The second-order valence-corrected chi connectivity index (χ2v) is 9.01. The van der Waals surface area contributed by atoms with Crippen LogP contribution in [-0.2, 0) is 14.9 Å². The number of nitrogens with zero attached hydrogens (tertiary/aromatic N) is 1. The molecule has 33 heavy (non-hydrogen) atoms. The molecule has 0 radical (unpaired) electrons. The van der Waals surface area contributed by atoms with Crippen molar-refractivity contribution in [3.05, 3.63) is 54.1 Å². The summed E-state index contributed by atoms with van der Waals surface area (Å²) in [6, 6.07) is 15.5. The molecule has 2 fully saturated rings. The smallest absolute Gasteiger partial charge is 0.235 e. The Bertz CT molecular complexity index is 868. The minimum atomic E-state index is -0.604. The summed E-state index contributed by atoms with van der Waals surface area (Å²) in [6.45, 7) is 5.15. The molecule has 2 aromatic carbocycles. The molecule has 0 spiro atoms. The zero-order valence-corrected chi connectivity index (χ0v) is 19.7. The Morgan fingerprint density at radius 3 is 2.21 bits per heavy atom. The van der Waals surface area contributed by atoms with Crippen LogP contribution in [-0.4, -0.2) is 57.4 Å². The van der Waals surface area contributed by atoms with Crippen molar-refractivity contribution in [3.8, 4) is 11.5 Å². The molecule has 0 atom stereocenters. The van der Waals surface area contributed by atoms with Crippen LogP contribution in [0.3, 0.4) is 0 Å². The average Bonchev–Trinajstić information content (AvgIpc) is 3.14. The first-order valence-corrected chi connectivity index (χ1v) is 12.2. The predicted molar refractivity (Wildman–Crippen MR) is 130 cm³/mol. The van der Waals surface area contributed by atoms with Gasteiger partial charge in [-0.25, -0.2) is 0 Å². The molecule has 0 bridgehead atoms. The van der Waals surface area contributed by atoms with Gasteiger partial charge in [0.1, 0.15) is 18.1 Å². The van der Waals surface area contributed by atoms with Gasteiger partial charge < -0.3 is 19.5 Å². The Morgan fingerprint density at radius 1 is 0.939 bits per heavy atom. The van der Waals surface area contributed by atoms with Crippen molar-refractivity contribution in [1.29, 1.82) is 0 Å². The highest BCUT2D eigenvalue weighted by atomic mass is 16.5. The molecule has 0 aliphatic carbocycles. The first-order valence-electron chi connectivity index (χ1n) is 12.2. The normalized spacial score (nSPS) is 18.8. The lowest BCUT2D eigenvalue weighted by molar-refractivity contribution is -0.125. The molecule has 6 heteroatoms. The molecule has 2 aliphatic rings. The molecular weight excluding hydrogens is 416 g/mol. The van der Waals surface area contributed by atoms with E-state index in [4.69, 9.17) is 14.2 Å². The molecule has 1 amide bonds. The number of methoxy groups -OCH3 is 1. The number of hydrogen-bond donors (Lipinski definition) is 1. The molecule has 1 N–H and O–H groups in total. The highest BCUT2D eigenvalue weighted by Crippen LogP contribution is 2.37.